The minimum Gasteiger partial charge on any atom is -0.355 e. The Hall–Kier alpha value is -2.27. The number of hydrogen-bond acceptors (Lipinski definition) is 7. The SMILES string of the molecule is CC1(C)/C(=C/C=C/C=C/c2sc3ccccc3[n+]2CCCSO)N(CCCNC(=O)CCl)c2ccc(SO)cc21. The Morgan fingerprint density at radius 1 is 1.15 bits per heavy atom. The number of aryl methyl sites for hydroxylation is 1. The first-order valence-electron chi connectivity index (χ1n) is 13.2. The number of aromatic nitrogens is 1. The number of amides is 1. The second-order valence-electron chi connectivity index (χ2n) is 9.93. The van der Waals surface area contributed by atoms with E-state index in [-0.39, 0.29) is 17.2 Å². The first-order chi connectivity index (χ1) is 19.4. The van der Waals surface area contributed by atoms with Crippen LogP contribution in [0.1, 0.15) is 37.3 Å². The molecule has 0 saturated heterocycles. The van der Waals surface area contributed by atoms with E-state index in [1.165, 1.54) is 20.8 Å². The maximum Gasteiger partial charge on any atom is 0.262 e. The molecule has 2 aromatic carbocycles. The zero-order valence-corrected chi connectivity index (χ0v) is 25.9. The third-order valence-corrected chi connectivity index (χ3v) is 9.25. The van der Waals surface area contributed by atoms with Crippen molar-refractivity contribution >= 4 is 74.9 Å². The van der Waals surface area contributed by atoms with Gasteiger partial charge in [0.05, 0.1) is 0 Å². The number of anilines is 1. The first-order valence-corrected chi connectivity index (χ1v) is 16.3. The van der Waals surface area contributed by atoms with Gasteiger partial charge in [0.2, 0.25) is 11.4 Å². The molecule has 40 heavy (non-hydrogen) atoms. The van der Waals surface area contributed by atoms with Gasteiger partial charge in [0.25, 0.3) is 5.01 Å². The number of fused-ring (bicyclic) bond motifs is 2. The molecule has 3 aromatic rings. The van der Waals surface area contributed by atoms with Crippen LogP contribution >= 0.6 is 47.0 Å². The highest BCUT2D eigenvalue weighted by atomic mass is 35.5. The fraction of sp³-hybridized carbons (Fsp3) is 0.333. The molecule has 4 rings (SSSR count). The second-order valence-corrected chi connectivity index (χ2v) is 12.6. The summed E-state index contributed by atoms with van der Waals surface area (Å²) < 4.78 is 22.4. The van der Waals surface area contributed by atoms with Crippen molar-refractivity contribution in [3.05, 3.63) is 83.0 Å². The third-order valence-electron chi connectivity index (χ3n) is 6.94. The minimum atomic E-state index is -0.256. The largest absolute Gasteiger partial charge is 0.355 e. The van der Waals surface area contributed by atoms with Crippen LogP contribution in [0.15, 0.2) is 77.4 Å². The molecule has 0 radical (unpaired) electrons. The Balaban J connectivity index is 1.56. The molecule has 1 aliphatic heterocycles. The Morgan fingerprint density at radius 3 is 2.75 bits per heavy atom. The quantitative estimate of drug-likeness (QED) is 0.0613. The molecule has 6 nitrogen and oxygen atoms in total. The Kier molecular flexibility index (Phi) is 11.2. The smallest absolute Gasteiger partial charge is 0.262 e. The molecule has 1 aromatic heterocycles. The molecule has 0 aliphatic carbocycles. The van der Waals surface area contributed by atoms with Crippen molar-refractivity contribution in [2.75, 3.05) is 29.6 Å². The van der Waals surface area contributed by atoms with Gasteiger partial charge in [0.1, 0.15) is 10.6 Å². The van der Waals surface area contributed by atoms with Gasteiger partial charge in [-0.2, -0.15) is 4.57 Å². The molecule has 0 atom stereocenters. The maximum absolute atomic E-state index is 11.6. The lowest BCUT2D eigenvalue weighted by Gasteiger charge is -2.27. The van der Waals surface area contributed by atoms with E-state index in [9.17, 15) is 9.35 Å². The number of halogens is 1. The van der Waals surface area contributed by atoms with Crippen LogP contribution in [0.3, 0.4) is 0 Å². The van der Waals surface area contributed by atoms with Crippen LogP contribution < -0.4 is 14.8 Å². The fourth-order valence-corrected chi connectivity index (χ4v) is 6.76. The zero-order valence-electron chi connectivity index (χ0n) is 22.7. The van der Waals surface area contributed by atoms with E-state index in [1.807, 2.05) is 6.07 Å². The van der Waals surface area contributed by atoms with Gasteiger partial charge in [-0.05, 0) is 54.4 Å². The Labute approximate surface area is 253 Å². The number of para-hydroxylation sites is 1. The topological polar surface area (TPSA) is 76.7 Å². The van der Waals surface area contributed by atoms with E-state index in [4.69, 9.17) is 16.2 Å². The monoisotopic (exact) mass is 616 g/mol. The molecule has 0 bridgehead atoms. The summed E-state index contributed by atoms with van der Waals surface area (Å²) >= 11 is 9.03. The van der Waals surface area contributed by atoms with E-state index in [0.29, 0.717) is 12.3 Å². The van der Waals surface area contributed by atoms with Crippen LogP contribution in [0.2, 0.25) is 0 Å². The summed E-state index contributed by atoms with van der Waals surface area (Å²) in [5.74, 6) is 0.514. The van der Waals surface area contributed by atoms with Gasteiger partial charge in [-0.3, -0.25) is 4.79 Å². The number of alkyl halides is 1. The highest BCUT2D eigenvalue weighted by Gasteiger charge is 2.39. The maximum atomic E-state index is 11.6. The van der Waals surface area contributed by atoms with Gasteiger partial charge in [0.15, 0.2) is 6.54 Å². The van der Waals surface area contributed by atoms with Crippen LogP contribution in [-0.4, -0.2) is 39.7 Å². The average molecular weight is 617 g/mol. The standard InChI is InChI=1S/C30H34ClN3O3S3/c1-30(2)23-20-22(40-37)14-15-24(23)33(17-8-16-32-28(35)21-31)27(30)12-4-3-5-13-29-34(18-9-19-38-36)25-10-6-7-11-26(25)39-29/h3-7,10-15,20H,8-9,16-19,21H2,1-2H3,(H2-,32,35,36,37)/p+1. The lowest BCUT2D eigenvalue weighted by molar-refractivity contribution is -0.668. The molecule has 10 heteroatoms. The molecule has 0 fully saturated rings. The molecule has 0 saturated carbocycles. The molecule has 0 spiro atoms. The highest BCUT2D eigenvalue weighted by Crippen LogP contribution is 2.48. The van der Waals surface area contributed by atoms with E-state index in [0.717, 1.165) is 66.3 Å². The van der Waals surface area contributed by atoms with Gasteiger partial charge < -0.3 is 19.3 Å². The van der Waals surface area contributed by atoms with Gasteiger partial charge in [-0.1, -0.05) is 55.5 Å². The van der Waals surface area contributed by atoms with Crippen molar-refractivity contribution in [1.29, 1.82) is 0 Å². The van der Waals surface area contributed by atoms with Gasteiger partial charge in [0, 0.05) is 71.1 Å². The molecule has 3 N–H and O–H groups in total. The number of rotatable bonds is 13. The molecule has 212 valence electrons. The minimum absolute atomic E-state index is 0.0339. The summed E-state index contributed by atoms with van der Waals surface area (Å²) in [4.78, 5) is 14.7. The summed E-state index contributed by atoms with van der Waals surface area (Å²) in [5, 5.41) is 4.02. The fourth-order valence-electron chi connectivity index (χ4n) is 5.01. The van der Waals surface area contributed by atoms with Crippen LogP contribution in [0.5, 0.6) is 0 Å². The predicted molar refractivity (Wildman–Crippen MR) is 172 cm³/mol. The van der Waals surface area contributed by atoms with Gasteiger partial charge >= 0.3 is 0 Å². The van der Waals surface area contributed by atoms with Crippen LogP contribution in [0, 0.1) is 0 Å². The zero-order chi connectivity index (χ0) is 28.5. The van der Waals surface area contributed by atoms with Crippen molar-refractivity contribution < 1.29 is 18.5 Å². The number of carbonyl (C=O) groups excluding carboxylic acids is 1. The summed E-state index contributed by atoms with van der Waals surface area (Å²) in [5.41, 5.74) is 4.40. The molecule has 1 amide bonds. The Bertz CT molecular complexity index is 1420. The second kappa shape index (κ2) is 14.6. The van der Waals surface area contributed by atoms with Crippen LogP contribution in [-0.2, 0) is 16.8 Å². The van der Waals surface area contributed by atoms with E-state index in [1.54, 1.807) is 11.3 Å². The predicted octanol–water partition coefficient (Wildman–Crippen LogP) is 7.35. The number of nitrogens with one attached hydrogen (secondary N) is 1. The molecule has 0 unspecified atom stereocenters. The molecule has 1 aliphatic rings. The summed E-state index contributed by atoms with van der Waals surface area (Å²) in [6, 6.07) is 14.5. The van der Waals surface area contributed by atoms with Crippen molar-refractivity contribution in [3.63, 3.8) is 0 Å². The van der Waals surface area contributed by atoms with Crippen LogP contribution in [0.4, 0.5) is 5.69 Å². The average Bonchev–Trinajstić information content (AvgIpc) is 3.42. The summed E-state index contributed by atoms with van der Waals surface area (Å²) in [6.07, 6.45) is 12.2. The summed E-state index contributed by atoms with van der Waals surface area (Å²) in [6.45, 7) is 6.56. The molecular formula is C30H35ClN3O3S3+. The van der Waals surface area contributed by atoms with E-state index < -0.39 is 0 Å². The number of thiazole rings is 1. The summed E-state index contributed by atoms with van der Waals surface area (Å²) in [7, 11) is 0. The van der Waals surface area contributed by atoms with E-state index >= 15 is 0 Å². The van der Waals surface area contributed by atoms with Crippen molar-refractivity contribution in [2.24, 2.45) is 0 Å². The van der Waals surface area contributed by atoms with Crippen molar-refractivity contribution in [1.82, 2.24) is 5.32 Å². The highest BCUT2D eigenvalue weighted by molar-refractivity contribution is 7.94. The molecule has 2 heterocycles. The number of nitrogens with zero attached hydrogens (tertiary/aromatic N) is 2. The number of hydrogen-bond donors (Lipinski definition) is 3. The lowest BCUT2D eigenvalue weighted by Crippen LogP contribution is -2.35. The van der Waals surface area contributed by atoms with Crippen molar-refractivity contribution in [2.45, 2.75) is 43.5 Å². The number of carbonyl (C=O) groups is 1. The van der Waals surface area contributed by atoms with Gasteiger partial charge in [-0.15, -0.1) is 11.6 Å². The first kappa shape index (κ1) is 30.7. The van der Waals surface area contributed by atoms with E-state index in [2.05, 4.69) is 95.4 Å². The normalized spacial score (nSPS) is 15.6. The molecular weight excluding hydrogens is 582 g/mol. The van der Waals surface area contributed by atoms with Crippen LogP contribution in [0.25, 0.3) is 16.3 Å². The third kappa shape index (κ3) is 7.13. The Morgan fingerprint density at radius 2 is 1.98 bits per heavy atom. The lowest BCUT2D eigenvalue weighted by atomic mass is 9.83. The number of allylic oxidation sites excluding steroid dienone is 5. The number of benzene rings is 2. The van der Waals surface area contributed by atoms with Gasteiger partial charge in [-0.25, -0.2) is 0 Å². The van der Waals surface area contributed by atoms with Crippen molar-refractivity contribution in [3.8, 4) is 0 Å².